The Morgan fingerprint density at radius 3 is 1.62 bits per heavy atom. The second-order valence-electron chi connectivity index (χ2n) is 3.25. The molecule has 0 unspecified atom stereocenters. The lowest BCUT2D eigenvalue weighted by Gasteiger charge is -2.35. The highest BCUT2D eigenvalue weighted by Crippen LogP contribution is 2.47. The Bertz CT molecular complexity index is 313. The third-order valence-corrected chi connectivity index (χ3v) is 3.31. The van der Waals surface area contributed by atoms with Gasteiger partial charge in [0.15, 0.2) is 0 Å². The quantitative estimate of drug-likeness (QED) is 0.549. The van der Waals surface area contributed by atoms with Gasteiger partial charge in [-0.05, 0) is 12.8 Å². The molecule has 0 bridgehead atoms. The molecule has 0 heterocycles. The molecule has 16 heavy (non-hydrogen) atoms. The van der Waals surface area contributed by atoms with Crippen LogP contribution in [0.1, 0.15) is 12.8 Å². The van der Waals surface area contributed by atoms with Gasteiger partial charge in [-0.25, -0.2) is 4.79 Å². The fraction of sp³-hybridized carbons (Fsp3) is 0.400. The molecule has 0 aliphatic rings. The van der Waals surface area contributed by atoms with Gasteiger partial charge < -0.3 is 10.2 Å². The third kappa shape index (κ3) is 2.39. The maximum absolute atomic E-state index is 11.2. The van der Waals surface area contributed by atoms with Crippen molar-refractivity contribution >= 4 is 35.1 Å². The number of hydrogen-bond donors (Lipinski definition) is 2. The van der Waals surface area contributed by atoms with Gasteiger partial charge in [0.1, 0.15) is 5.41 Å². The van der Waals surface area contributed by atoms with Gasteiger partial charge in [-0.3, -0.25) is 4.79 Å². The molecule has 0 aliphatic heterocycles. The van der Waals surface area contributed by atoms with E-state index in [1.807, 2.05) is 0 Å². The van der Waals surface area contributed by atoms with E-state index < -0.39 is 21.7 Å². The molecule has 0 fully saturated rings. The second-order valence-corrected chi connectivity index (χ2v) is 4.58. The molecule has 90 valence electrons. The molecule has 0 aromatic heterocycles. The molecule has 0 radical (unpaired) electrons. The molecule has 2 N–H and O–H groups in total. The minimum Gasteiger partial charge on any atom is -0.481 e. The molecule has 0 spiro atoms. The van der Waals surface area contributed by atoms with E-state index in [0.29, 0.717) is 0 Å². The molecule has 0 saturated carbocycles. The van der Waals surface area contributed by atoms with Crippen LogP contribution in [0, 0.1) is 5.41 Å². The van der Waals surface area contributed by atoms with Crippen molar-refractivity contribution in [1.29, 1.82) is 0 Å². The number of carbonyl (C=O) groups is 2. The van der Waals surface area contributed by atoms with Crippen LogP contribution < -0.4 is 0 Å². The Labute approximate surface area is 103 Å². The van der Waals surface area contributed by atoms with E-state index in [-0.39, 0.29) is 12.8 Å². The van der Waals surface area contributed by atoms with Crippen LogP contribution in [0.15, 0.2) is 25.3 Å². The normalized spacial score (nSPS) is 11.9. The third-order valence-electron chi connectivity index (χ3n) is 2.26. The minimum atomic E-state index is -2.44. The topological polar surface area (TPSA) is 74.6 Å². The maximum Gasteiger partial charge on any atom is 0.341 e. The number of halogens is 2. The summed E-state index contributed by atoms with van der Waals surface area (Å²) in [4.78, 5) is 22.2. The van der Waals surface area contributed by atoms with Gasteiger partial charge in [0.05, 0.1) is 0 Å². The van der Waals surface area contributed by atoms with Crippen molar-refractivity contribution in [2.45, 2.75) is 17.2 Å². The number of aliphatic carboxylic acids is 2. The molecule has 0 saturated heterocycles. The Morgan fingerprint density at radius 1 is 1.06 bits per heavy atom. The van der Waals surface area contributed by atoms with E-state index in [0.717, 1.165) is 0 Å². The smallest absolute Gasteiger partial charge is 0.341 e. The highest BCUT2D eigenvalue weighted by molar-refractivity contribution is 6.58. The number of rotatable bonds is 7. The lowest BCUT2D eigenvalue weighted by Crippen LogP contribution is -2.50. The molecule has 0 aromatic rings. The van der Waals surface area contributed by atoms with Gasteiger partial charge >= 0.3 is 11.9 Å². The van der Waals surface area contributed by atoms with Crippen molar-refractivity contribution in [3.05, 3.63) is 25.3 Å². The van der Waals surface area contributed by atoms with E-state index in [1.54, 1.807) is 0 Å². The maximum atomic E-state index is 11.2. The minimum absolute atomic E-state index is 0.173. The van der Waals surface area contributed by atoms with E-state index in [1.165, 1.54) is 12.2 Å². The molecular formula is C10H12Cl2O4. The van der Waals surface area contributed by atoms with E-state index in [4.69, 9.17) is 33.4 Å². The lowest BCUT2D eigenvalue weighted by molar-refractivity contribution is -0.156. The van der Waals surface area contributed by atoms with Gasteiger partial charge in [0, 0.05) is 0 Å². The molecule has 0 aromatic carbocycles. The summed E-state index contributed by atoms with van der Waals surface area (Å²) in [7, 11) is 0. The Kier molecular flexibility index (Phi) is 5.03. The molecule has 0 atom stereocenters. The Hall–Kier alpha value is -1.00. The molecule has 4 nitrogen and oxygen atoms in total. The molecule has 0 rings (SSSR count). The van der Waals surface area contributed by atoms with Gasteiger partial charge in [-0.1, -0.05) is 35.4 Å². The van der Waals surface area contributed by atoms with Crippen molar-refractivity contribution in [2.75, 3.05) is 0 Å². The predicted octanol–water partition coefficient (Wildman–Crippen LogP) is 2.47. The van der Waals surface area contributed by atoms with Gasteiger partial charge in [-0.15, -0.1) is 13.2 Å². The first-order valence-electron chi connectivity index (χ1n) is 4.32. The molecule has 6 heteroatoms. The standard InChI is InChI=1S/C10H12Cl2O4/c1-3-5-9(6-4-2,7(13)14)10(11,12)8(15)16/h3-4H,1-2,5-6H2,(H,13,14)(H,15,16). The van der Waals surface area contributed by atoms with Crippen molar-refractivity contribution in [1.82, 2.24) is 0 Å². The summed E-state index contributed by atoms with van der Waals surface area (Å²) in [6.45, 7) is 6.75. The number of carboxylic acids is 2. The SMILES string of the molecule is C=CCC(CC=C)(C(=O)O)C(Cl)(Cl)C(=O)O. The van der Waals surface area contributed by atoms with Crippen LogP contribution in [0.3, 0.4) is 0 Å². The summed E-state index contributed by atoms with van der Waals surface area (Å²) >= 11 is 11.3. The zero-order chi connectivity index (χ0) is 13.0. The predicted molar refractivity (Wildman–Crippen MR) is 61.8 cm³/mol. The number of hydrogen-bond acceptors (Lipinski definition) is 2. The number of allylic oxidation sites excluding steroid dienone is 2. The van der Waals surface area contributed by atoms with Crippen LogP contribution in [-0.2, 0) is 9.59 Å². The lowest BCUT2D eigenvalue weighted by atomic mass is 9.77. The summed E-state index contributed by atoms with van der Waals surface area (Å²) in [5.41, 5.74) is -1.87. The van der Waals surface area contributed by atoms with Crippen LogP contribution in [0.25, 0.3) is 0 Å². The van der Waals surface area contributed by atoms with Crippen LogP contribution >= 0.6 is 23.2 Å². The summed E-state index contributed by atoms with van der Waals surface area (Å²) < 4.78 is -2.44. The summed E-state index contributed by atoms with van der Waals surface area (Å²) in [6.07, 6.45) is 2.18. The van der Waals surface area contributed by atoms with Crippen molar-refractivity contribution < 1.29 is 19.8 Å². The average molecular weight is 267 g/mol. The monoisotopic (exact) mass is 266 g/mol. The van der Waals surface area contributed by atoms with Crippen LogP contribution in [0.2, 0.25) is 0 Å². The number of carboxylic acid groups (broad SMARTS) is 2. The molecule has 0 amide bonds. The van der Waals surface area contributed by atoms with Gasteiger partial charge in [-0.2, -0.15) is 0 Å². The fourth-order valence-corrected chi connectivity index (χ4v) is 1.82. The van der Waals surface area contributed by atoms with Crippen LogP contribution in [0.4, 0.5) is 0 Å². The largest absolute Gasteiger partial charge is 0.481 e. The first-order valence-corrected chi connectivity index (χ1v) is 5.08. The highest BCUT2D eigenvalue weighted by atomic mass is 35.5. The van der Waals surface area contributed by atoms with Gasteiger partial charge in [0.2, 0.25) is 4.33 Å². The summed E-state index contributed by atoms with van der Waals surface area (Å²) in [6, 6.07) is 0. The molecular weight excluding hydrogens is 255 g/mol. The zero-order valence-corrected chi connectivity index (χ0v) is 9.96. The Balaban J connectivity index is 5.66. The Morgan fingerprint density at radius 2 is 1.44 bits per heavy atom. The first kappa shape index (κ1) is 15.0. The highest BCUT2D eigenvalue weighted by Gasteiger charge is 2.58. The van der Waals surface area contributed by atoms with Crippen LogP contribution in [-0.4, -0.2) is 26.5 Å². The fourth-order valence-electron chi connectivity index (χ4n) is 1.35. The molecule has 0 aliphatic carbocycles. The van der Waals surface area contributed by atoms with E-state index in [9.17, 15) is 9.59 Å². The average Bonchev–Trinajstić information content (AvgIpc) is 2.16. The van der Waals surface area contributed by atoms with Crippen LogP contribution in [0.5, 0.6) is 0 Å². The summed E-state index contributed by atoms with van der Waals surface area (Å²) in [5, 5.41) is 18.0. The van der Waals surface area contributed by atoms with Gasteiger partial charge in [0.25, 0.3) is 0 Å². The second kappa shape index (κ2) is 5.37. The van der Waals surface area contributed by atoms with Crippen molar-refractivity contribution in [2.24, 2.45) is 5.41 Å². The number of alkyl halides is 2. The van der Waals surface area contributed by atoms with E-state index >= 15 is 0 Å². The zero-order valence-electron chi connectivity index (χ0n) is 8.45. The van der Waals surface area contributed by atoms with Crippen molar-refractivity contribution in [3.63, 3.8) is 0 Å². The summed E-state index contributed by atoms with van der Waals surface area (Å²) in [5.74, 6) is -3.01. The van der Waals surface area contributed by atoms with E-state index in [2.05, 4.69) is 13.2 Å². The van der Waals surface area contributed by atoms with Crippen molar-refractivity contribution in [3.8, 4) is 0 Å². The first-order chi connectivity index (χ1) is 7.26.